The lowest BCUT2D eigenvalue weighted by molar-refractivity contribution is -0.384. The molecule has 0 fully saturated rings. The molecular formula is C20H18N4O5. The molecule has 2 aromatic carbocycles. The Kier molecular flexibility index (Phi) is 5.19. The largest absolute Gasteiger partial charge is 0.484 e. The molecule has 0 spiro atoms. The fourth-order valence-corrected chi connectivity index (χ4v) is 3.32. The van der Waals surface area contributed by atoms with Crippen molar-refractivity contribution in [2.24, 2.45) is 0 Å². The van der Waals surface area contributed by atoms with Gasteiger partial charge in [-0.1, -0.05) is 12.1 Å². The van der Waals surface area contributed by atoms with Crippen LogP contribution in [0.15, 0.2) is 47.1 Å². The van der Waals surface area contributed by atoms with Crippen LogP contribution >= 0.6 is 0 Å². The van der Waals surface area contributed by atoms with Crippen LogP contribution in [-0.2, 0) is 17.6 Å². The number of nitro benzene ring substituents is 1. The highest BCUT2D eigenvalue weighted by Gasteiger charge is 2.18. The van der Waals surface area contributed by atoms with E-state index in [2.05, 4.69) is 27.8 Å². The summed E-state index contributed by atoms with van der Waals surface area (Å²) in [6, 6.07) is 11.6. The van der Waals surface area contributed by atoms with Gasteiger partial charge in [-0.25, -0.2) is 4.63 Å². The van der Waals surface area contributed by atoms with E-state index >= 15 is 0 Å². The van der Waals surface area contributed by atoms with E-state index in [-0.39, 0.29) is 18.1 Å². The minimum absolute atomic E-state index is 0.0508. The van der Waals surface area contributed by atoms with Crippen molar-refractivity contribution in [2.75, 3.05) is 11.9 Å². The molecule has 9 heteroatoms. The van der Waals surface area contributed by atoms with Crippen LogP contribution in [0.2, 0.25) is 0 Å². The minimum Gasteiger partial charge on any atom is -0.484 e. The van der Waals surface area contributed by atoms with E-state index in [0.717, 1.165) is 24.8 Å². The van der Waals surface area contributed by atoms with Crippen molar-refractivity contribution in [3.8, 4) is 17.0 Å². The Morgan fingerprint density at radius 2 is 1.86 bits per heavy atom. The molecule has 0 unspecified atom stereocenters. The minimum atomic E-state index is -0.504. The molecule has 3 aromatic rings. The topological polar surface area (TPSA) is 120 Å². The van der Waals surface area contributed by atoms with Crippen LogP contribution in [0.3, 0.4) is 0 Å². The Hall–Kier alpha value is -3.75. The molecule has 0 saturated heterocycles. The average molecular weight is 394 g/mol. The van der Waals surface area contributed by atoms with Gasteiger partial charge in [-0.3, -0.25) is 14.9 Å². The van der Waals surface area contributed by atoms with Crippen molar-refractivity contribution in [1.29, 1.82) is 0 Å². The van der Waals surface area contributed by atoms with Gasteiger partial charge in [-0.2, -0.15) is 0 Å². The highest BCUT2D eigenvalue weighted by molar-refractivity contribution is 5.94. The highest BCUT2D eigenvalue weighted by atomic mass is 16.6. The summed E-state index contributed by atoms with van der Waals surface area (Å²) in [5.41, 5.74) is 3.87. The molecule has 0 aliphatic heterocycles. The van der Waals surface area contributed by atoms with E-state index < -0.39 is 10.8 Å². The molecule has 4 rings (SSSR count). The van der Waals surface area contributed by atoms with Crippen molar-refractivity contribution in [1.82, 2.24) is 10.3 Å². The number of carbonyl (C=O) groups is 1. The van der Waals surface area contributed by atoms with Crippen molar-refractivity contribution in [3.63, 3.8) is 0 Å². The Balaban J connectivity index is 1.41. The molecule has 1 aliphatic carbocycles. The molecule has 1 N–H and O–H groups in total. The number of aryl methyl sites for hydroxylation is 2. The summed E-state index contributed by atoms with van der Waals surface area (Å²) < 4.78 is 10.2. The standard InChI is InChI=1S/C20H18N4O5/c25-18(12-28-17-9-7-16(8-10-17)24(26)27)21-20-19(22-29-23-20)15-6-5-13-3-1-2-4-14(13)11-15/h5-11H,1-4,12H2,(H,21,23,25). The summed E-state index contributed by atoms with van der Waals surface area (Å²) in [4.78, 5) is 22.4. The predicted molar refractivity (Wildman–Crippen MR) is 104 cm³/mol. The molecule has 0 bridgehead atoms. The number of hydrogen-bond acceptors (Lipinski definition) is 7. The highest BCUT2D eigenvalue weighted by Crippen LogP contribution is 2.29. The number of nitro groups is 1. The first-order valence-electron chi connectivity index (χ1n) is 9.22. The molecule has 9 nitrogen and oxygen atoms in total. The second-order valence-electron chi connectivity index (χ2n) is 6.74. The number of non-ortho nitro benzene ring substituents is 1. The quantitative estimate of drug-likeness (QED) is 0.501. The molecule has 0 radical (unpaired) electrons. The van der Waals surface area contributed by atoms with Crippen LogP contribution in [0.25, 0.3) is 11.3 Å². The molecule has 1 amide bonds. The number of nitrogens with zero attached hydrogens (tertiary/aromatic N) is 3. The van der Waals surface area contributed by atoms with Crippen molar-refractivity contribution >= 4 is 17.4 Å². The first-order chi connectivity index (χ1) is 14.1. The van der Waals surface area contributed by atoms with Gasteiger partial charge < -0.3 is 10.1 Å². The summed E-state index contributed by atoms with van der Waals surface area (Å²) in [5, 5.41) is 21.0. The van der Waals surface area contributed by atoms with Crippen LogP contribution in [0.4, 0.5) is 11.5 Å². The smallest absolute Gasteiger partial charge is 0.269 e. The Labute approximate surface area is 165 Å². The van der Waals surface area contributed by atoms with Gasteiger partial charge in [-0.15, -0.1) is 0 Å². The van der Waals surface area contributed by atoms with E-state index in [1.165, 1.54) is 41.8 Å². The second-order valence-corrected chi connectivity index (χ2v) is 6.74. The first-order valence-corrected chi connectivity index (χ1v) is 9.22. The lowest BCUT2D eigenvalue weighted by Gasteiger charge is -2.16. The van der Waals surface area contributed by atoms with Gasteiger partial charge in [0.05, 0.1) is 4.92 Å². The number of fused-ring (bicyclic) bond motifs is 1. The van der Waals surface area contributed by atoms with Gasteiger partial charge in [0.1, 0.15) is 5.75 Å². The molecule has 1 heterocycles. The van der Waals surface area contributed by atoms with Gasteiger partial charge in [-0.05, 0) is 65.3 Å². The number of nitrogens with one attached hydrogen (secondary N) is 1. The van der Waals surface area contributed by atoms with E-state index in [1.807, 2.05) is 6.07 Å². The number of benzene rings is 2. The molecule has 0 atom stereocenters. The third-order valence-electron chi connectivity index (χ3n) is 4.79. The summed E-state index contributed by atoms with van der Waals surface area (Å²) in [6.45, 7) is -0.283. The maximum absolute atomic E-state index is 12.2. The number of ether oxygens (including phenoxy) is 1. The number of aromatic nitrogens is 2. The zero-order valence-electron chi connectivity index (χ0n) is 15.5. The molecule has 29 heavy (non-hydrogen) atoms. The van der Waals surface area contributed by atoms with Crippen LogP contribution in [-0.4, -0.2) is 27.8 Å². The van der Waals surface area contributed by atoms with E-state index in [1.54, 1.807) is 0 Å². The average Bonchev–Trinajstić information content (AvgIpc) is 3.20. The molecule has 1 aromatic heterocycles. The van der Waals surface area contributed by atoms with Gasteiger partial charge in [0.15, 0.2) is 12.3 Å². The Morgan fingerprint density at radius 1 is 1.10 bits per heavy atom. The normalized spacial score (nSPS) is 12.8. The third-order valence-corrected chi connectivity index (χ3v) is 4.79. The second kappa shape index (κ2) is 8.09. The van der Waals surface area contributed by atoms with Gasteiger partial charge in [0.25, 0.3) is 11.6 Å². The number of anilines is 1. The summed E-state index contributed by atoms with van der Waals surface area (Å²) in [6.07, 6.45) is 4.47. The predicted octanol–water partition coefficient (Wildman–Crippen LogP) is 3.54. The van der Waals surface area contributed by atoms with Crippen molar-refractivity contribution in [2.45, 2.75) is 25.7 Å². The molecular weight excluding hydrogens is 376 g/mol. The maximum Gasteiger partial charge on any atom is 0.269 e. The fourth-order valence-electron chi connectivity index (χ4n) is 3.32. The first kappa shape index (κ1) is 18.6. The number of rotatable bonds is 6. The monoisotopic (exact) mass is 394 g/mol. The van der Waals surface area contributed by atoms with Crippen LogP contribution in [0.5, 0.6) is 5.75 Å². The van der Waals surface area contributed by atoms with Gasteiger partial charge in [0.2, 0.25) is 5.82 Å². The fraction of sp³-hybridized carbons (Fsp3) is 0.250. The van der Waals surface area contributed by atoms with E-state index in [9.17, 15) is 14.9 Å². The van der Waals surface area contributed by atoms with Gasteiger partial charge in [0, 0.05) is 17.7 Å². The van der Waals surface area contributed by atoms with E-state index in [4.69, 9.17) is 9.37 Å². The third kappa shape index (κ3) is 4.23. The van der Waals surface area contributed by atoms with Crippen molar-refractivity contribution < 1.29 is 19.1 Å². The summed E-state index contributed by atoms with van der Waals surface area (Å²) in [7, 11) is 0. The Morgan fingerprint density at radius 3 is 2.62 bits per heavy atom. The number of carbonyl (C=O) groups excluding carboxylic acids is 1. The number of hydrogen-bond donors (Lipinski definition) is 1. The summed E-state index contributed by atoms with van der Waals surface area (Å²) in [5.74, 6) is 0.121. The zero-order chi connectivity index (χ0) is 20.2. The van der Waals surface area contributed by atoms with Crippen molar-refractivity contribution in [3.05, 3.63) is 63.7 Å². The molecule has 0 saturated carbocycles. The van der Waals surface area contributed by atoms with Crippen LogP contribution in [0, 0.1) is 10.1 Å². The van der Waals surface area contributed by atoms with Gasteiger partial charge >= 0.3 is 0 Å². The Bertz CT molecular complexity index is 1050. The van der Waals surface area contributed by atoms with Crippen LogP contribution in [0.1, 0.15) is 24.0 Å². The maximum atomic E-state index is 12.2. The van der Waals surface area contributed by atoms with Crippen LogP contribution < -0.4 is 10.1 Å². The lowest BCUT2D eigenvalue weighted by atomic mass is 9.90. The number of amides is 1. The molecule has 1 aliphatic rings. The van der Waals surface area contributed by atoms with E-state index in [0.29, 0.717) is 11.4 Å². The summed E-state index contributed by atoms with van der Waals surface area (Å²) >= 11 is 0. The molecule has 148 valence electrons. The zero-order valence-corrected chi connectivity index (χ0v) is 15.5. The SMILES string of the molecule is O=C(COc1ccc([N+](=O)[O-])cc1)Nc1nonc1-c1ccc2c(c1)CCCC2. The lowest BCUT2D eigenvalue weighted by Crippen LogP contribution is -2.20.